The fraction of sp³-hybridized carbons (Fsp3) is 0.667. The van der Waals surface area contributed by atoms with Crippen LogP contribution in [0.25, 0.3) is 0 Å². The normalized spacial score (nSPS) is 27.0. The molecule has 3 rings (SSSR count). The largest absolute Gasteiger partial charge is 0.299 e. The van der Waals surface area contributed by atoms with Gasteiger partial charge in [0.1, 0.15) is 5.51 Å². The highest BCUT2D eigenvalue weighted by Crippen LogP contribution is 2.43. The van der Waals surface area contributed by atoms with E-state index in [1.54, 1.807) is 5.51 Å². The Morgan fingerprint density at radius 1 is 1.48 bits per heavy atom. The molecule has 1 saturated carbocycles. The molecule has 2 aliphatic carbocycles. The predicted molar refractivity (Wildman–Crippen MR) is 84.1 cm³/mol. The second-order valence-corrected chi connectivity index (χ2v) is 7.19. The lowest BCUT2D eigenvalue weighted by atomic mass is 9.92. The van der Waals surface area contributed by atoms with Crippen LogP contribution < -0.4 is 5.32 Å². The quantitative estimate of drug-likeness (QED) is 0.820. The molecule has 5 nitrogen and oxygen atoms in total. The molecule has 114 valence electrons. The highest BCUT2D eigenvalue weighted by Gasteiger charge is 2.36. The first-order valence-corrected chi connectivity index (χ1v) is 8.48. The zero-order valence-electron chi connectivity index (χ0n) is 12.5. The second-order valence-electron chi connectivity index (χ2n) is 6.36. The second kappa shape index (κ2) is 6.23. The average molecular weight is 306 g/mol. The first kappa shape index (κ1) is 14.7. The molecule has 0 aromatic carbocycles. The number of hydrogen-bond donors (Lipinski definition) is 1. The molecule has 3 atom stereocenters. The van der Waals surface area contributed by atoms with E-state index in [-0.39, 0.29) is 5.91 Å². The summed E-state index contributed by atoms with van der Waals surface area (Å²) in [6.07, 6.45) is 7.33. The molecule has 1 N–H and O–H groups in total. The van der Waals surface area contributed by atoms with Crippen LogP contribution in [0.2, 0.25) is 0 Å². The molecule has 0 unspecified atom stereocenters. The van der Waals surface area contributed by atoms with Crippen LogP contribution in [0.1, 0.15) is 26.7 Å². The molecule has 1 amide bonds. The number of allylic oxidation sites excluding steroid dienone is 2. The van der Waals surface area contributed by atoms with Crippen molar-refractivity contribution in [3.63, 3.8) is 0 Å². The molecular weight excluding hydrogens is 284 g/mol. The third-order valence-electron chi connectivity index (χ3n) is 4.57. The lowest BCUT2D eigenvalue weighted by molar-refractivity contribution is -0.117. The van der Waals surface area contributed by atoms with E-state index in [9.17, 15) is 4.79 Å². The smallest absolute Gasteiger partial charge is 0.240 e. The standard InChI is InChI=1S/C15H22N4OS/c1-10(2)19(7-13-6-11-3-4-12(13)5-11)8-14(20)17-15-18-16-9-21-15/h3-4,9-13H,5-8H2,1-2H3,(H,17,18,20)/t11-,12-,13+/m0/s1. The molecule has 1 fully saturated rings. The van der Waals surface area contributed by atoms with Gasteiger partial charge in [0.05, 0.1) is 6.54 Å². The Morgan fingerprint density at radius 2 is 2.33 bits per heavy atom. The molecule has 2 aliphatic rings. The summed E-state index contributed by atoms with van der Waals surface area (Å²) >= 11 is 1.35. The minimum Gasteiger partial charge on any atom is -0.299 e. The number of carbonyl (C=O) groups is 1. The van der Waals surface area contributed by atoms with E-state index in [1.807, 2.05) is 0 Å². The maximum atomic E-state index is 12.1. The van der Waals surface area contributed by atoms with Gasteiger partial charge in [0, 0.05) is 12.6 Å². The summed E-state index contributed by atoms with van der Waals surface area (Å²) in [6, 6.07) is 0.369. The monoisotopic (exact) mass is 306 g/mol. The van der Waals surface area contributed by atoms with E-state index in [1.165, 1.54) is 24.2 Å². The van der Waals surface area contributed by atoms with Crippen LogP contribution in [0, 0.1) is 17.8 Å². The molecule has 21 heavy (non-hydrogen) atoms. The Kier molecular flexibility index (Phi) is 4.35. The summed E-state index contributed by atoms with van der Waals surface area (Å²) in [6.45, 7) is 5.74. The van der Waals surface area contributed by atoms with E-state index in [2.05, 4.69) is 46.4 Å². The van der Waals surface area contributed by atoms with Gasteiger partial charge in [-0.1, -0.05) is 23.5 Å². The number of anilines is 1. The summed E-state index contributed by atoms with van der Waals surface area (Å²) < 4.78 is 0. The Bertz CT molecular complexity index is 514. The van der Waals surface area contributed by atoms with Gasteiger partial charge in [0.2, 0.25) is 11.0 Å². The van der Waals surface area contributed by atoms with Gasteiger partial charge in [-0.25, -0.2) is 0 Å². The Hall–Kier alpha value is -1.27. The van der Waals surface area contributed by atoms with Gasteiger partial charge in [0.15, 0.2) is 0 Å². The third-order valence-corrected chi connectivity index (χ3v) is 5.18. The molecular formula is C15H22N4OS. The van der Waals surface area contributed by atoms with Gasteiger partial charge >= 0.3 is 0 Å². The molecule has 1 aromatic rings. The predicted octanol–water partition coefficient (Wildman–Crippen LogP) is 2.40. The van der Waals surface area contributed by atoms with Crippen LogP contribution in [0.4, 0.5) is 5.13 Å². The number of hydrogen-bond acceptors (Lipinski definition) is 5. The Balaban J connectivity index is 1.54. The zero-order valence-corrected chi connectivity index (χ0v) is 13.3. The van der Waals surface area contributed by atoms with Crippen molar-refractivity contribution in [3.8, 4) is 0 Å². The van der Waals surface area contributed by atoms with Crippen LogP contribution in [0.3, 0.4) is 0 Å². The van der Waals surface area contributed by atoms with Crippen molar-refractivity contribution < 1.29 is 4.79 Å². The van der Waals surface area contributed by atoms with Gasteiger partial charge in [-0.05, 0) is 44.4 Å². The van der Waals surface area contributed by atoms with Gasteiger partial charge < -0.3 is 0 Å². The van der Waals surface area contributed by atoms with Crippen molar-refractivity contribution in [1.82, 2.24) is 15.1 Å². The number of nitrogens with zero attached hydrogens (tertiary/aromatic N) is 3. The average Bonchev–Trinajstić information content (AvgIpc) is 3.14. The van der Waals surface area contributed by atoms with Crippen LogP contribution in [-0.4, -0.2) is 40.1 Å². The maximum Gasteiger partial charge on any atom is 0.240 e. The molecule has 0 radical (unpaired) electrons. The van der Waals surface area contributed by atoms with Crippen molar-refractivity contribution >= 4 is 22.4 Å². The lowest BCUT2D eigenvalue weighted by Crippen LogP contribution is -2.41. The minimum atomic E-state index is -0.000788. The minimum absolute atomic E-state index is 0.000788. The number of aromatic nitrogens is 2. The Morgan fingerprint density at radius 3 is 2.90 bits per heavy atom. The summed E-state index contributed by atoms with van der Waals surface area (Å²) in [7, 11) is 0. The number of fused-ring (bicyclic) bond motifs is 2. The van der Waals surface area contributed by atoms with Gasteiger partial charge in [0.25, 0.3) is 0 Å². The van der Waals surface area contributed by atoms with Crippen molar-refractivity contribution in [2.45, 2.75) is 32.7 Å². The summed E-state index contributed by atoms with van der Waals surface area (Å²) in [4.78, 5) is 14.4. The topological polar surface area (TPSA) is 58.1 Å². The van der Waals surface area contributed by atoms with Gasteiger partial charge in [-0.3, -0.25) is 15.0 Å². The molecule has 0 saturated heterocycles. The van der Waals surface area contributed by atoms with Crippen LogP contribution in [-0.2, 0) is 4.79 Å². The molecule has 6 heteroatoms. The SMILES string of the molecule is CC(C)N(CC(=O)Nc1nncs1)C[C@H]1C[C@H]2C=C[C@H]1C2. The van der Waals surface area contributed by atoms with Crippen LogP contribution in [0.5, 0.6) is 0 Å². The van der Waals surface area contributed by atoms with Crippen molar-refractivity contribution in [3.05, 3.63) is 17.7 Å². The first-order chi connectivity index (χ1) is 10.1. The number of carbonyl (C=O) groups excluding carboxylic acids is 1. The van der Waals surface area contributed by atoms with E-state index in [0.717, 1.165) is 18.4 Å². The summed E-state index contributed by atoms with van der Waals surface area (Å²) in [5, 5.41) is 11.0. The summed E-state index contributed by atoms with van der Waals surface area (Å²) in [5.74, 6) is 2.21. The third kappa shape index (κ3) is 3.49. The summed E-state index contributed by atoms with van der Waals surface area (Å²) in [5.41, 5.74) is 1.62. The molecule has 1 heterocycles. The van der Waals surface area contributed by atoms with Crippen molar-refractivity contribution in [2.75, 3.05) is 18.4 Å². The Labute approximate surface area is 129 Å². The number of nitrogens with one attached hydrogen (secondary N) is 1. The molecule has 0 aliphatic heterocycles. The van der Waals surface area contributed by atoms with Gasteiger partial charge in [-0.2, -0.15) is 0 Å². The zero-order chi connectivity index (χ0) is 14.8. The van der Waals surface area contributed by atoms with E-state index in [4.69, 9.17) is 0 Å². The van der Waals surface area contributed by atoms with Crippen molar-refractivity contribution in [1.29, 1.82) is 0 Å². The first-order valence-electron chi connectivity index (χ1n) is 7.60. The molecule has 2 bridgehead atoms. The molecule has 1 aromatic heterocycles. The lowest BCUT2D eigenvalue weighted by Gasteiger charge is -2.30. The van der Waals surface area contributed by atoms with E-state index >= 15 is 0 Å². The maximum absolute atomic E-state index is 12.1. The van der Waals surface area contributed by atoms with Gasteiger partial charge in [-0.15, -0.1) is 10.2 Å². The molecule has 0 spiro atoms. The van der Waals surface area contributed by atoms with Crippen LogP contribution in [0.15, 0.2) is 17.7 Å². The highest BCUT2D eigenvalue weighted by molar-refractivity contribution is 7.13. The van der Waals surface area contributed by atoms with Crippen LogP contribution >= 0.6 is 11.3 Å². The van der Waals surface area contributed by atoms with E-state index in [0.29, 0.717) is 23.6 Å². The highest BCUT2D eigenvalue weighted by atomic mass is 32.1. The number of rotatable bonds is 6. The fourth-order valence-electron chi connectivity index (χ4n) is 3.43. The fourth-order valence-corrected chi connectivity index (χ4v) is 3.90. The number of amides is 1. The van der Waals surface area contributed by atoms with Crippen molar-refractivity contribution in [2.24, 2.45) is 17.8 Å². The van der Waals surface area contributed by atoms with E-state index < -0.39 is 0 Å².